The van der Waals surface area contributed by atoms with Gasteiger partial charge in [0.05, 0.1) is 12.1 Å². The van der Waals surface area contributed by atoms with Gasteiger partial charge in [-0.3, -0.25) is 4.79 Å². The van der Waals surface area contributed by atoms with Gasteiger partial charge in [0.2, 0.25) is 0 Å². The summed E-state index contributed by atoms with van der Waals surface area (Å²) in [6, 6.07) is 8.94. The van der Waals surface area contributed by atoms with Gasteiger partial charge in [-0.1, -0.05) is 17.7 Å². The molecule has 0 bridgehead atoms. The number of rotatable bonds is 3. The Labute approximate surface area is 157 Å². The standard InChI is InChI=1S/C20H19ClN2O3/c1-12-16(20(25)26-2)5-3-4-13-6-8-15(10-17(12)13)23-19(24)18-9-7-14(21)11-22-18/h6-11H,3-5H2,1-2H3,(H,23,24). The van der Waals surface area contributed by atoms with Crippen LogP contribution in [0, 0.1) is 0 Å². The molecule has 1 aliphatic rings. The van der Waals surface area contributed by atoms with Crippen molar-refractivity contribution in [2.24, 2.45) is 0 Å². The first-order valence-corrected chi connectivity index (χ1v) is 8.71. The van der Waals surface area contributed by atoms with Gasteiger partial charge in [-0.25, -0.2) is 9.78 Å². The van der Waals surface area contributed by atoms with Gasteiger partial charge in [0.25, 0.3) is 5.91 Å². The smallest absolute Gasteiger partial charge is 0.334 e. The van der Waals surface area contributed by atoms with Crippen LogP contribution in [-0.4, -0.2) is 24.0 Å². The average molecular weight is 371 g/mol. The van der Waals surface area contributed by atoms with Crippen molar-refractivity contribution in [2.45, 2.75) is 26.2 Å². The van der Waals surface area contributed by atoms with Crippen LogP contribution in [0.2, 0.25) is 5.02 Å². The molecule has 5 nitrogen and oxygen atoms in total. The van der Waals surface area contributed by atoms with Crippen molar-refractivity contribution in [1.82, 2.24) is 4.98 Å². The molecule has 1 aliphatic carbocycles. The van der Waals surface area contributed by atoms with E-state index in [-0.39, 0.29) is 17.6 Å². The predicted octanol–water partition coefficient (Wildman–Crippen LogP) is 4.27. The molecule has 0 radical (unpaired) electrons. The Bertz CT molecular complexity index is 888. The summed E-state index contributed by atoms with van der Waals surface area (Å²) >= 11 is 5.80. The molecule has 6 heteroatoms. The van der Waals surface area contributed by atoms with Crippen LogP contribution in [0.15, 0.2) is 42.1 Å². The highest BCUT2D eigenvalue weighted by molar-refractivity contribution is 6.30. The van der Waals surface area contributed by atoms with E-state index in [0.717, 1.165) is 29.5 Å². The van der Waals surface area contributed by atoms with E-state index in [2.05, 4.69) is 10.3 Å². The first kappa shape index (κ1) is 18.1. The molecule has 2 aromatic rings. The summed E-state index contributed by atoms with van der Waals surface area (Å²) in [7, 11) is 1.39. The molecule has 1 aromatic carbocycles. The Hall–Kier alpha value is -2.66. The lowest BCUT2D eigenvalue weighted by molar-refractivity contribution is -0.136. The van der Waals surface area contributed by atoms with Crippen molar-refractivity contribution >= 4 is 34.7 Å². The number of pyridine rings is 1. The number of hydrogen-bond donors (Lipinski definition) is 1. The second kappa shape index (κ2) is 7.70. The molecule has 1 aromatic heterocycles. The van der Waals surface area contributed by atoms with Crippen molar-refractivity contribution in [3.05, 3.63) is 63.9 Å². The number of fused-ring (bicyclic) bond motifs is 1. The van der Waals surface area contributed by atoms with E-state index in [9.17, 15) is 9.59 Å². The lowest BCUT2D eigenvalue weighted by atomic mass is 9.97. The molecular weight excluding hydrogens is 352 g/mol. The second-order valence-electron chi connectivity index (χ2n) is 6.14. The molecule has 0 saturated carbocycles. The number of hydrogen-bond acceptors (Lipinski definition) is 4. The molecule has 0 atom stereocenters. The Morgan fingerprint density at radius 3 is 2.69 bits per heavy atom. The van der Waals surface area contributed by atoms with Crippen LogP contribution in [0.3, 0.4) is 0 Å². The van der Waals surface area contributed by atoms with Crippen LogP contribution in [0.4, 0.5) is 5.69 Å². The average Bonchev–Trinajstić information content (AvgIpc) is 2.81. The molecule has 0 fully saturated rings. The first-order valence-electron chi connectivity index (χ1n) is 8.34. The third-order valence-electron chi connectivity index (χ3n) is 4.49. The number of carbonyl (C=O) groups excluding carboxylic acids is 2. The molecule has 0 spiro atoms. The highest BCUT2D eigenvalue weighted by Gasteiger charge is 2.20. The van der Waals surface area contributed by atoms with Gasteiger partial charge >= 0.3 is 5.97 Å². The highest BCUT2D eigenvalue weighted by Crippen LogP contribution is 2.32. The summed E-state index contributed by atoms with van der Waals surface area (Å²) in [6.45, 7) is 1.92. The maximum atomic E-state index is 12.4. The number of anilines is 1. The number of halogens is 1. The zero-order valence-corrected chi connectivity index (χ0v) is 15.4. The minimum atomic E-state index is -0.315. The fourth-order valence-electron chi connectivity index (χ4n) is 3.11. The third-order valence-corrected chi connectivity index (χ3v) is 4.71. The zero-order valence-electron chi connectivity index (χ0n) is 14.6. The number of aryl methyl sites for hydroxylation is 1. The second-order valence-corrected chi connectivity index (χ2v) is 6.57. The van der Waals surface area contributed by atoms with E-state index in [4.69, 9.17) is 16.3 Å². The van der Waals surface area contributed by atoms with Crippen LogP contribution in [0.1, 0.15) is 41.4 Å². The summed E-state index contributed by atoms with van der Waals surface area (Å²) in [5, 5.41) is 3.32. The number of carbonyl (C=O) groups is 2. The summed E-state index contributed by atoms with van der Waals surface area (Å²) < 4.78 is 4.91. The lowest BCUT2D eigenvalue weighted by Gasteiger charge is -2.12. The van der Waals surface area contributed by atoms with E-state index in [0.29, 0.717) is 22.7 Å². The van der Waals surface area contributed by atoms with Crippen molar-refractivity contribution in [1.29, 1.82) is 0 Å². The number of nitrogens with one attached hydrogen (secondary N) is 1. The van der Waals surface area contributed by atoms with Crippen molar-refractivity contribution in [3.63, 3.8) is 0 Å². The van der Waals surface area contributed by atoms with Crippen molar-refractivity contribution < 1.29 is 14.3 Å². The van der Waals surface area contributed by atoms with Crippen molar-refractivity contribution in [3.8, 4) is 0 Å². The maximum absolute atomic E-state index is 12.4. The van der Waals surface area contributed by atoms with Gasteiger partial charge in [-0.15, -0.1) is 0 Å². The predicted molar refractivity (Wildman–Crippen MR) is 101 cm³/mol. The third kappa shape index (κ3) is 3.78. The number of nitrogens with zero attached hydrogens (tertiary/aromatic N) is 1. The lowest BCUT2D eigenvalue weighted by Crippen LogP contribution is -2.13. The van der Waals surface area contributed by atoms with E-state index in [1.165, 1.54) is 13.3 Å². The molecule has 134 valence electrons. The Morgan fingerprint density at radius 1 is 1.19 bits per heavy atom. The molecule has 3 rings (SSSR count). The van der Waals surface area contributed by atoms with E-state index in [1.54, 1.807) is 12.1 Å². The van der Waals surface area contributed by atoms with E-state index >= 15 is 0 Å². The number of esters is 1. The van der Waals surface area contributed by atoms with Gasteiger partial charge < -0.3 is 10.1 Å². The van der Waals surface area contributed by atoms with Crippen LogP contribution in [-0.2, 0) is 16.0 Å². The molecule has 0 unspecified atom stereocenters. The maximum Gasteiger partial charge on any atom is 0.334 e. The van der Waals surface area contributed by atoms with Crippen LogP contribution < -0.4 is 5.32 Å². The van der Waals surface area contributed by atoms with Crippen molar-refractivity contribution in [2.75, 3.05) is 12.4 Å². The number of benzene rings is 1. The number of aromatic nitrogens is 1. The van der Waals surface area contributed by atoms with Gasteiger partial charge in [-0.2, -0.15) is 0 Å². The van der Waals surface area contributed by atoms with Gasteiger partial charge in [-0.05, 0) is 67.2 Å². The molecular formula is C20H19ClN2O3. The zero-order chi connectivity index (χ0) is 18.7. The van der Waals surface area contributed by atoms with E-state index in [1.807, 2.05) is 25.1 Å². The molecule has 1 heterocycles. The summed E-state index contributed by atoms with van der Waals surface area (Å²) in [5.74, 6) is -0.611. The van der Waals surface area contributed by atoms with Gasteiger partial charge in [0.15, 0.2) is 0 Å². The molecule has 1 N–H and O–H groups in total. The Kier molecular flexibility index (Phi) is 5.38. The summed E-state index contributed by atoms with van der Waals surface area (Å²) in [4.78, 5) is 28.4. The largest absolute Gasteiger partial charge is 0.466 e. The fourth-order valence-corrected chi connectivity index (χ4v) is 3.22. The first-order chi connectivity index (χ1) is 12.5. The fraction of sp³-hybridized carbons (Fsp3) is 0.250. The minimum Gasteiger partial charge on any atom is -0.466 e. The molecule has 0 aliphatic heterocycles. The monoisotopic (exact) mass is 370 g/mol. The number of methoxy groups -OCH3 is 1. The topological polar surface area (TPSA) is 68.3 Å². The Balaban J connectivity index is 1.91. The number of allylic oxidation sites excluding steroid dienone is 1. The quantitative estimate of drug-likeness (QED) is 0.819. The normalized spacial score (nSPS) is 13.7. The SMILES string of the molecule is COC(=O)C1=C(C)c2cc(NC(=O)c3ccc(Cl)cn3)ccc2CCC1. The number of ether oxygens (including phenoxy) is 1. The van der Waals surface area contributed by atoms with Gasteiger partial charge in [0.1, 0.15) is 5.69 Å². The summed E-state index contributed by atoms with van der Waals surface area (Å²) in [6.07, 6.45) is 3.88. The van der Waals surface area contributed by atoms with E-state index < -0.39 is 0 Å². The van der Waals surface area contributed by atoms with Gasteiger partial charge in [0, 0.05) is 17.5 Å². The number of amides is 1. The van der Waals surface area contributed by atoms with Crippen LogP contribution in [0.25, 0.3) is 5.57 Å². The summed E-state index contributed by atoms with van der Waals surface area (Å²) in [5.41, 5.74) is 4.63. The van der Waals surface area contributed by atoms with Crippen LogP contribution >= 0.6 is 11.6 Å². The molecule has 26 heavy (non-hydrogen) atoms. The minimum absolute atomic E-state index is 0.284. The Morgan fingerprint density at radius 2 is 2.00 bits per heavy atom. The van der Waals surface area contributed by atoms with Crippen LogP contribution in [0.5, 0.6) is 0 Å². The molecule has 1 amide bonds. The molecule has 0 saturated heterocycles. The highest BCUT2D eigenvalue weighted by atomic mass is 35.5.